The van der Waals surface area contributed by atoms with Crippen molar-refractivity contribution in [1.82, 2.24) is 15.1 Å². The lowest BCUT2D eigenvalue weighted by Crippen LogP contribution is -2.40. The van der Waals surface area contributed by atoms with Crippen molar-refractivity contribution in [1.29, 1.82) is 0 Å². The van der Waals surface area contributed by atoms with Crippen LogP contribution in [-0.4, -0.2) is 75.4 Å². The number of ether oxygens (including phenoxy) is 2. The van der Waals surface area contributed by atoms with Crippen molar-refractivity contribution >= 4 is 5.96 Å². The largest absolute Gasteiger partial charge is 0.494 e. The molecule has 0 unspecified atom stereocenters. The van der Waals surface area contributed by atoms with Crippen LogP contribution in [0.4, 0.5) is 0 Å². The summed E-state index contributed by atoms with van der Waals surface area (Å²) in [5.74, 6) is 1.97. The number of guanidine groups is 1. The monoisotopic (exact) mass is 374 g/mol. The van der Waals surface area contributed by atoms with Crippen molar-refractivity contribution in [3.63, 3.8) is 0 Å². The first-order valence-corrected chi connectivity index (χ1v) is 10.3. The van der Waals surface area contributed by atoms with Gasteiger partial charge in [-0.05, 0) is 50.0 Å². The summed E-state index contributed by atoms with van der Waals surface area (Å²) in [6, 6.07) is 8.56. The Hall–Kier alpha value is -1.79. The molecule has 0 spiro atoms. The summed E-state index contributed by atoms with van der Waals surface area (Å²) < 4.78 is 11.1. The SMILES string of the molecule is COCCN1CCN=C1NCCCOc1cccc(CN2CCCCC2)c1. The molecule has 150 valence electrons. The van der Waals surface area contributed by atoms with E-state index in [0.717, 1.165) is 57.5 Å². The molecule has 1 fully saturated rings. The third-order valence-electron chi connectivity index (χ3n) is 5.12. The summed E-state index contributed by atoms with van der Waals surface area (Å²) in [4.78, 5) is 9.31. The Morgan fingerprint density at radius 3 is 2.85 bits per heavy atom. The predicted octanol–water partition coefficient (Wildman–Crippen LogP) is 2.35. The van der Waals surface area contributed by atoms with E-state index >= 15 is 0 Å². The van der Waals surface area contributed by atoms with E-state index in [1.165, 1.54) is 37.9 Å². The summed E-state index contributed by atoms with van der Waals surface area (Å²) in [5.41, 5.74) is 1.35. The predicted molar refractivity (Wildman–Crippen MR) is 109 cm³/mol. The number of piperidine rings is 1. The normalized spacial score (nSPS) is 17.8. The fraction of sp³-hybridized carbons (Fsp3) is 0.667. The molecule has 2 heterocycles. The van der Waals surface area contributed by atoms with Crippen molar-refractivity contribution < 1.29 is 9.47 Å². The quantitative estimate of drug-likeness (QED) is 0.637. The highest BCUT2D eigenvalue weighted by molar-refractivity contribution is 5.81. The average Bonchev–Trinajstić information content (AvgIpc) is 3.14. The topological polar surface area (TPSA) is 49.3 Å². The minimum Gasteiger partial charge on any atom is -0.494 e. The van der Waals surface area contributed by atoms with Gasteiger partial charge >= 0.3 is 0 Å². The Balaban J connectivity index is 1.33. The molecular weight excluding hydrogens is 340 g/mol. The first-order chi connectivity index (χ1) is 13.3. The highest BCUT2D eigenvalue weighted by Gasteiger charge is 2.15. The van der Waals surface area contributed by atoms with Crippen LogP contribution in [0.5, 0.6) is 5.75 Å². The molecular formula is C21H34N4O2. The Bertz CT molecular complexity index is 587. The number of likely N-dealkylation sites (tertiary alicyclic amines) is 1. The van der Waals surface area contributed by atoms with Crippen molar-refractivity contribution in [3.05, 3.63) is 29.8 Å². The molecule has 0 aliphatic carbocycles. The number of rotatable bonds is 10. The summed E-state index contributed by atoms with van der Waals surface area (Å²) >= 11 is 0. The zero-order chi connectivity index (χ0) is 18.7. The van der Waals surface area contributed by atoms with Gasteiger partial charge in [-0.2, -0.15) is 0 Å². The third-order valence-corrected chi connectivity index (χ3v) is 5.12. The molecule has 0 amide bonds. The number of nitrogens with zero attached hydrogens (tertiary/aromatic N) is 3. The molecule has 2 aliphatic rings. The van der Waals surface area contributed by atoms with Crippen molar-refractivity contribution in [2.45, 2.75) is 32.2 Å². The van der Waals surface area contributed by atoms with E-state index in [1.54, 1.807) is 7.11 Å². The molecule has 1 saturated heterocycles. The molecule has 27 heavy (non-hydrogen) atoms. The maximum Gasteiger partial charge on any atom is 0.194 e. The zero-order valence-electron chi connectivity index (χ0n) is 16.7. The molecule has 0 aromatic heterocycles. The van der Waals surface area contributed by atoms with Crippen LogP contribution in [0.25, 0.3) is 0 Å². The van der Waals surface area contributed by atoms with Crippen LogP contribution in [0.15, 0.2) is 29.3 Å². The maximum absolute atomic E-state index is 5.96. The fourth-order valence-corrected chi connectivity index (χ4v) is 3.64. The Kier molecular flexibility index (Phi) is 8.24. The van der Waals surface area contributed by atoms with Gasteiger partial charge in [0.25, 0.3) is 0 Å². The van der Waals surface area contributed by atoms with Crippen LogP contribution in [-0.2, 0) is 11.3 Å². The van der Waals surface area contributed by atoms with Crippen LogP contribution >= 0.6 is 0 Å². The van der Waals surface area contributed by atoms with E-state index in [-0.39, 0.29) is 0 Å². The van der Waals surface area contributed by atoms with E-state index < -0.39 is 0 Å². The van der Waals surface area contributed by atoms with Gasteiger partial charge in [0, 0.05) is 33.3 Å². The number of benzene rings is 1. The molecule has 0 radical (unpaired) electrons. The second-order valence-corrected chi connectivity index (χ2v) is 7.30. The number of hydrogen-bond donors (Lipinski definition) is 1. The summed E-state index contributed by atoms with van der Waals surface area (Å²) in [7, 11) is 1.74. The second kappa shape index (κ2) is 11.1. The highest BCUT2D eigenvalue weighted by atomic mass is 16.5. The molecule has 3 rings (SSSR count). The van der Waals surface area contributed by atoms with Gasteiger partial charge in [0.2, 0.25) is 0 Å². The lowest BCUT2D eigenvalue weighted by Gasteiger charge is -2.26. The minimum absolute atomic E-state index is 0.714. The molecule has 2 aliphatic heterocycles. The summed E-state index contributed by atoms with van der Waals surface area (Å²) in [5, 5.41) is 3.43. The molecule has 1 N–H and O–H groups in total. The zero-order valence-corrected chi connectivity index (χ0v) is 16.7. The van der Waals surface area contributed by atoms with Crippen LogP contribution in [0.2, 0.25) is 0 Å². The van der Waals surface area contributed by atoms with E-state index in [0.29, 0.717) is 6.61 Å². The number of nitrogens with one attached hydrogen (secondary N) is 1. The van der Waals surface area contributed by atoms with Crippen LogP contribution in [0.3, 0.4) is 0 Å². The average molecular weight is 375 g/mol. The van der Waals surface area contributed by atoms with E-state index in [2.05, 4.69) is 44.4 Å². The molecule has 6 heteroatoms. The molecule has 0 bridgehead atoms. The lowest BCUT2D eigenvalue weighted by molar-refractivity contribution is 0.178. The molecule has 0 atom stereocenters. The Morgan fingerprint density at radius 2 is 2.00 bits per heavy atom. The Morgan fingerprint density at radius 1 is 1.11 bits per heavy atom. The van der Waals surface area contributed by atoms with Gasteiger partial charge in [0.05, 0.1) is 19.8 Å². The first kappa shape index (κ1) is 20.0. The van der Waals surface area contributed by atoms with Gasteiger partial charge in [-0.15, -0.1) is 0 Å². The maximum atomic E-state index is 5.96. The standard InChI is InChI=1S/C21H34N4O2/c1-26-16-14-25-13-10-23-21(25)22-9-6-15-27-20-8-5-7-19(17-20)18-24-11-3-2-4-12-24/h5,7-8,17H,2-4,6,9-16,18H2,1H3,(H,22,23). The number of aliphatic imine (C=N–C) groups is 1. The fourth-order valence-electron chi connectivity index (χ4n) is 3.64. The van der Waals surface area contributed by atoms with Crippen molar-refractivity contribution in [3.8, 4) is 5.75 Å². The smallest absolute Gasteiger partial charge is 0.194 e. The first-order valence-electron chi connectivity index (χ1n) is 10.3. The van der Waals surface area contributed by atoms with Crippen molar-refractivity contribution in [2.75, 3.05) is 59.6 Å². The van der Waals surface area contributed by atoms with Gasteiger partial charge in [-0.3, -0.25) is 9.89 Å². The molecule has 1 aromatic rings. The molecule has 1 aromatic carbocycles. The van der Waals surface area contributed by atoms with Crippen LogP contribution < -0.4 is 10.1 Å². The third kappa shape index (κ3) is 6.70. The van der Waals surface area contributed by atoms with Gasteiger partial charge in [0.15, 0.2) is 5.96 Å². The minimum atomic E-state index is 0.714. The van der Waals surface area contributed by atoms with Gasteiger partial charge < -0.3 is 19.7 Å². The van der Waals surface area contributed by atoms with Gasteiger partial charge in [0.1, 0.15) is 5.75 Å². The second-order valence-electron chi connectivity index (χ2n) is 7.30. The van der Waals surface area contributed by atoms with E-state index in [9.17, 15) is 0 Å². The molecule has 0 saturated carbocycles. The van der Waals surface area contributed by atoms with Crippen LogP contribution in [0, 0.1) is 0 Å². The highest BCUT2D eigenvalue weighted by Crippen LogP contribution is 2.17. The van der Waals surface area contributed by atoms with Gasteiger partial charge in [-0.25, -0.2) is 0 Å². The summed E-state index contributed by atoms with van der Waals surface area (Å²) in [6.07, 6.45) is 4.99. The van der Waals surface area contributed by atoms with Crippen molar-refractivity contribution in [2.24, 2.45) is 4.99 Å². The van der Waals surface area contributed by atoms with E-state index in [1.807, 2.05) is 0 Å². The molecule has 6 nitrogen and oxygen atoms in total. The van der Waals surface area contributed by atoms with Gasteiger partial charge in [-0.1, -0.05) is 18.6 Å². The summed E-state index contributed by atoms with van der Waals surface area (Å²) in [6.45, 7) is 8.54. The van der Waals surface area contributed by atoms with E-state index in [4.69, 9.17) is 9.47 Å². The van der Waals surface area contributed by atoms with Crippen LogP contribution in [0.1, 0.15) is 31.2 Å². The number of hydrogen-bond acceptors (Lipinski definition) is 6. The lowest BCUT2D eigenvalue weighted by atomic mass is 10.1. The number of methoxy groups -OCH3 is 1. The Labute approximate surface area is 163 Å².